The van der Waals surface area contributed by atoms with E-state index in [4.69, 9.17) is 16.3 Å². The predicted molar refractivity (Wildman–Crippen MR) is 99.8 cm³/mol. The van der Waals surface area contributed by atoms with Crippen LogP contribution in [-0.2, 0) is 4.79 Å². The van der Waals surface area contributed by atoms with Gasteiger partial charge in [0.2, 0.25) is 5.91 Å². The average Bonchev–Trinajstić information content (AvgIpc) is 2.61. The fourth-order valence-electron chi connectivity index (χ4n) is 2.51. The molecule has 25 heavy (non-hydrogen) atoms. The minimum atomic E-state index is -0.730. The molecule has 0 spiro atoms. The van der Waals surface area contributed by atoms with E-state index in [0.29, 0.717) is 5.69 Å². The van der Waals surface area contributed by atoms with Crippen molar-refractivity contribution in [2.45, 2.75) is 32.4 Å². The molecule has 0 N–H and O–H groups in total. The highest BCUT2D eigenvalue weighted by atomic mass is 35.5. The zero-order valence-corrected chi connectivity index (χ0v) is 15.1. The Morgan fingerprint density at radius 2 is 1.80 bits per heavy atom. The lowest BCUT2D eigenvalue weighted by atomic mass is 10.0. The zero-order chi connectivity index (χ0) is 18.2. The Balaban J connectivity index is 2.36. The van der Waals surface area contributed by atoms with Gasteiger partial charge in [-0.05, 0) is 43.7 Å². The summed E-state index contributed by atoms with van der Waals surface area (Å²) in [5, 5.41) is 9.73. The molecule has 4 nitrogen and oxygen atoms in total. The number of rotatable bonds is 7. The number of benzene rings is 2. The lowest BCUT2D eigenvalue weighted by Crippen LogP contribution is -2.34. The van der Waals surface area contributed by atoms with Gasteiger partial charge in [-0.3, -0.25) is 9.69 Å². The van der Waals surface area contributed by atoms with Crippen molar-refractivity contribution in [2.24, 2.45) is 0 Å². The average molecular weight is 357 g/mol. The van der Waals surface area contributed by atoms with Gasteiger partial charge in [0.25, 0.3) is 0 Å². The van der Waals surface area contributed by atoms with E-state index in [9.17, 15) is 10.1 Å². The molecule has 0 radical (unpaired) electrons. The van der Waals surface area contributed by atoms with Crippen molar-refractivity contribution < 1.29 is 9.53 Å². The molecule has 1 amide bonds. The number of hydrogen-bond donors (Lipinski definition) is 0. The highest BCUT2D eigenvalue weighted by molar-refractivity contribution is 6.19. The van der Waals surface area contributed by atoms with Crippen LogP contribution in [0, 0.1) is 11.3 Å². The van der Waals surface area contributed by atoms with E-state index >= 15 is 0 Å². The number of carbonyl (C=O) groups is 1. The number of carbonyl (C=O) groups excluding carboxylic acids is 1. The van der Waals surface area contributed by atoms with Crippen molar-refractivity contribution >= 4 is 23.2 Å². The first-order valence-electron chi connectivity index (χ1n) is 8.16. The fourth-order valence-corrected chi connectivity index (χ4v) is 2.67. The van der Waals surface area contributed by atoms with Crippen LogP contribution in [0.3, 0.4) is 0 Å². The summed E-state index contributed by atoms with van der Waals surface area (Å²) < 4.78 is 5.63. The van der Waals surface area contributed by atoms with Gasteiger partial charge in [0.1, 0.15) is 11.8 Å². The van der Waals surface area contributed by atoms with Crippen LogP contribution in [0.1, 0.15) is 31.9 Å². The van der Waals surface area contributed by atoms with E-state index in [-0.39, 0.29) is 24.3 Å². The number of para-hydroxylation sites is 1. The Morgan fingerprint density at radius 1 is 1.16 bits per heavy atom. The van der Waals surface area contributed by atoms with Crippen molar-refractivity contribution in [1.82, 2.24) is 0 Å². The van der Waals surface area contributed by atoms with Crippen LogP contribution in [0.2, 0.25) is 0 Å². The Labute approximate surface area is 153 Å². The Morgan fingerprint density at radius 3 is 2.32 bits per heavy atom. The molecule has 2 aromatic rings. The molecule has 2 aromatic carbocycles. The Bertz CT molecular complexity index is 724. The summed E-state index contributed by atoms with van der Waals surface area (Å²) in [7, 11) is 0. The molecule has 0 saturated heterocycles. The molecule has 0 heterocycles. The van der Waals surface area contributed by atoms with Crippen LogP contribution in [-0.4, -0.2) is 17.9 Å². The third-order valence-electron chi connectivity index (χ3n) is 3.56. The number of ether oxygens (including phenoxy) is 1. The van der Waals surface area contributed by atoms with Crippen LogP contribution in [0.25, 0.3) is 0 Å². The van der Waals surface area contributed by atoms with Crippen LogP contribution >= 0.6 is 11.6 Å². The summed E-state index contributed by atoms with van der Waals surface area (Å²) in [5.74, 6) is 0.755. The van der Waals surface area contributed by atoms with Crippen LogP contribution in [0.15, 0.2) is 54.6 Å². The van der Waals surface area contributed by atoms with Gasteiger partial charge in [0.05, 0.1) is 12.2 Å². The van der Waals surface area contributed by atoms with Crippen molar-refractivity contribution in [3.05, 3.63) is 60.2 Å². The predicted octanol–water partition coefficient (Wildman–Crippen LogP) is 4.70. The first-order valence-corrected chi connectivity index (χ1v) is 8.69. The van der Waals surface area contributed by atoms with Gasteiger partial charge in [-0.1, -0.05) is 30.3 Å². The molecule has 5 heteroatoms. The van der Waals surface area contributed by atoms with Crippen LogP contribution in [0.5, 0.6) is 5.75 Å². The first-order chi connectivity index (χ1) is 12.1. The molecule has 0 aliphatic carbocycles. The normalized spacial score (nSPS) is 11.6. The fraction of sp³-hybridized carbons (Fsp3) is 0.300. The number of amides is 1. The molecular weight excluding hydrogens is 336 g/mol. The summed E-state index contributed by atoms with van der Waals surface area (Å²) in [5.41, 5.74) is 1.40. The van der Waals surface area contributed by atoms with E-state index < -0.39 is 6.04 Å². The third kappa shape index (κ3) is 4.98. The highest BCUT2D eigenvalue weighted by Gasteiger charge is 2.26. The lowest BCUT2D eigenvalue weighted by Gasteiger charge is -2.28. The smallest absolute Gasteiger partial charge is 0.229 e. The molecule has 1 atom stereocenters. The van der Waals surface area contributed by atoms with Gasteiger partial charge in [0, 0.05) is 18.0 Å². The number of alkyl halides is 1. The number of hydrogen-bond acceptors (Lipinski definition) is 3. The zero-order valence-electron chi connectivity index (χ0n) is 14.4. The maximum absolute atomic E-state index is 12.6. The third-order valence-corrected chi connectivity index (χ3v) is 3.75. The lowest BCUT2D eigenvalue weighted by molar-refractivity contribution is -0.118. The van der Waals surface area contributed by atoms with Gasteiger partial charge in [-0.15, -0.1) is 11.6 Å². The minimum Gasteiger partial charge on any atom is -0.491 e. The van der Waals surface area contributed by atoms with Crippen molar-refractivity contribution in [3.63, 3.8) is 0 Å². The van der Waals surface area contributed by atoms with Gasteiger partial charge in [0.15, 0.2) is 0 Å². The standard InChI is InChI=1S/C20H21ClN2O2/c1-15(2)25-18-10-8-16(9-11-18)19(14-22)23(20(24)12-13-21)17-6-4-3-5-7-17/h3-11,15,19H,12-13H2,1-2H3. The van der Waals surface area contributed by atoms with E-state index in [1.165, 1.54) is 4.90 Å². The van der Waals surface area contributed by atoms with Gasteiger partial charge >= 0.3 is 0 Å². The monoisotopic (exact) mass is 356 g/mol. The van der Waals surface area contributed by atoms with E-state index in [0.717, 1.165) is 11.3 Å². The summed E-state index contributed by atoms with van der Waals surface area (Å²) in [6.07, 6.45) is 0.243. The SMILES string of the molecule is CC(C)Oc1ccc(C(C#N)N(C(=O)CCCl)c2ccccc2)cc1. The maximum atomic E-state index is 12.6. The van der Waals surface area contributed by atoms with Crippen LogP contribution in [0.4, 0.5) is 5.69 Å². The number of halogens is 1. The second-order valence-electron chi connectivity index (χ2n) is 5.81. The molecule has 130 valence electrons. The van der Waals surface area contributed by atoms with Crippen molar-refractivity contribution in [1.29, 1.82) is 5.26 Å². The number of nitrogens with zero attached hydrogens (tertiary/aromatic N) is 2. The van der Waals surface area contributed by atoms with Crippen molar-refractivity contribution in [2.75, 3.05) is 10.8 Å². The Hall–Kier alpha value is -2.51. The summed E-state index contributed by atoms with van der Waals surface area (Å²) >= 11 is 5.74. The topological polar surface area (TPSA) is 53.3 Å². The minimum absolute atomic E-state index is 0.0729. The molecule has 0 saturated carbocycles. The molecule has 0 aromatic heterocycles. The second-order valence-corrected chi connectivity index (χ2v) is 6.18. The van der Waals surface area contributed by atoms with E-state index in [1.807, 2.05) is 68.4 Å². The molecule has 0 aliphatic heterocycles. The van der Waals surface area contributed by atoms with Gasteiger partial charge < -0.3 is 4.74 Å². The summed E-state index contributed by atoms with van der Waals surface area (Å²) in [6, 6.07) is 17.9. The molecular formula is C20H21ClN2O2. The second kappa shape index (κ2) is 9.10. The molecule has 1 unspecified atom stereocenters. The van der Waals surface area contributed by atoms with Gasteiger partial charge in [-0.2, -0.15) is 5.26 Å². The van der Waals surface area contributed by atoms with Crippen LogP contribution < -0.4 is 9.64 Å². The quantitative estimate of drug-likeness (QED) is 0.675. The molecule has 0 bridgehead atoms. The van der Waals surface area contributed by atoms with E-state index in [2.05, 4.69) is 6.07 Å². The van der Waals surface area contributed by atoms with Gasteiger partial charge in [-0.25, -0.2) is 0 Å². The summed E-state index contributed by atoms with van der Waals surface area (Å²) in [4.78, 5) is 14.1. The number of nitriles is 1. The molecule has 0 aliphatic rings. The molecule has 0 fully saturated rings. The highest BCUT2D eigenvalue weighted by Crippen LogP contribution is 2.29. The first kappa shape index (κ1) is 18.8. The maximum Gasteiger partial charge on any atom is 0.229 e. The van der Waals surface area contributed by atoms with Crippen molar-refractivity contribution in [3.8, 4) is 11.8 Å². The number of anilines is 1. The largest absolute Gasteiger partial charge is 0.491 e. The molecule has 2 rings (SSSR count). The Kier molecular flexibility index (Phi) is 6.85. The summed E-state index contributed by atoms with van der Waals surface area (Å²) in [6.45, 7) is 3.90. The van der Waals surface area contributed by atoms with E-state index in [1.54, 1.807) is 0 Å².